The molecule has 0 saturated carbocycles. The van der Waals surface area contributed by atoms with Crippen LogP contribution in [0.5, 0.6) is 0 Å². The van der Waals surface area contributed by atoms with Gasteiger partial charge in [-0.25, -0.2) is 4.79 Å². The van der Waals surface area contributed by atoms with Gasteiger partial charge in [-0.2, -0.15) is 0 Å². The lowest BCUT2D eigenvalue weighted by Crippen LogP contribution is -2.37. The van der Waals surface area contributed by atoms with Crippen molar-refractivity contribution in [3.8, 4) is 0 Å². The van der Waals surface area contributed by atoms with Gasteiger partial charge >= 0.3 is 5.69 Å². The molecule has 1 amide bonds. The van der Waals surface area contributed by atoms with Crippen molar-refractivity contribution in [1.82, 2.24) is 15.3 Å². The predicted molar refractivity (Wildman–Crippen MR) is 95.3 cm³/mol. The average molecular weight is 345 g/mol. The molecule has 1 aromatic heterocycles. The Morgan fingerprint density at radius 2 is 1.83 bits per heavy atom. The highest BCUT2D eigenvalue weighted by Gasteiger charge is 2.12. The minimum atomic E-state index is -0.416. The van der Waals surface area contributed by atoms with Gasteiger partial charge in [0.15, 0.2) is 0 Å². The van der Waals surface area contributed by atoms with Crippen LogP contribution in [-0.2, 0) is 11.3 Å². The van der Waals surface area contributed by atoms with Gasteiger partial charge < -0.3 is 20.6 Å². The molecular formula is C17H17ClN4O2. The van der Waals surface area contributed by atoms with Crippen LogP contribution in [0.15, 0.2) is 47.3 Å². The highest BCUT2D eigenvalue weighted by atomic mass is 35.5. The molecule has 3 aromatic rings. The summed E-state index contributed by atoms with van der Waals surface area (Å²) in [5.41, 5.74) is 2.90. The number of nitrogens with one attached hydrogen (secondary N) is 4. The Bertz CT molecular complexity index is 914. The van der Waals surface area contributed by atoms with Crippen LogP contribution < -0.4 is 16.3 Å². The Balaban J connectivity index is 1.60. The summed E-state index contributed by atoms with van der Waals surface area (Å²) in [6, 6.07) is 12.3. The van der Waals surface area contributed by atoms with Gasteiger partial charge in [-0.1, -0.05) is 23.7 Å². The first kappa shape index (κ1) is 16.1. The molecule has 0 aliphatic carbocycles. The topological polar surface area (TPSA) is 89.8 Å². The fourth-order valence-electron chi connectivity index (χ4n) is 2.38. The number of anilines is 1. The zero-order valence-electron chi connectivity index (χ0n) is 13.0. The molecule has 0 aliphatic rings. The normalized spacial score (nSPS) is 12.1. The molecule has 7 heteroatoms. The number of carbonyl (C=O) groups excluding carboxylic acids is 1. The van der Waals surface area contributed by atoms with E-state index in [4.69, 9.17) is 11.6 Å². The number of fused-ring (bicyclic) bond motifs is 1. The number of halogens is 1. The summed E-state index contributed by atoms with van der Waals surface area (Å²) in [5, 5.41) is 6.66. The van der Waals surface area contributed by atoms with Crippen molar-refractivity contribution in [1.29, 1.82) is 0 Å². The van der Waals surface area contributed by atoms with E-state index in [-0.39, 0.29) is 11.6 Å². The minimum absolute atomic E-state index is 0.118. The molecule has 3 rings (SSSR count). The van der Waals surface area contributed by atoms with E-state index < -0.39 is 6.04 Å². The van der Waals surface area contributed by atoms with E-state index in [1.807, 2.05) is 18.2 Å². The Morgan fingerprint density at radius 3 is 2.58 bits per heavy atom. The molecule has 0 saturated heterocycles. The molecule has 2 aromatic carbocycles. The lowest BCUT2D eigenvalue weighted by Gasteiger charge is -2.15. The second-order valence-electron chi connectivity index (χ2n) is 5.55. The summed E-state index contributed by atoms with van der Waals surface area (Å²) in [5.74, 6) is -0.118. The second-order valence-corrected chi connectivity index (χ2v) is 5.99. The van der Waals surface area contributed by atoms with Crippen LogP contribution in [0.3, 0.4) is 0 Å². The van der Waals surface area contributed by atoms with E-state index in [0.29, 0.717) is 17.1 Å². The van der Waals surface area contributed by atoms with Crippen molar-refractivity contribution in [2.24, 2.45) is 0 Å². The molecule has 0 unspecified atom stereocenters. The van der Waals surface area contributed by atoms with Crippen LogP contribution in [0.4, 0.5) is 5.69 Å². The Hall–Kier alpha value is -2.73. The number of benzene rings is 2. The van der Waals surface area contributed by atoms with Crippen molar-refractivity contribution in [3.63, 3.8) is 0 Å². The minimum Gasteiger partial charge on any atom is -0.374 e. The third kappa shape index (κ3) is 3.78. The zero-order valence-corrected chi connectivity index (χ0v) is 13.8. The molecule has 4 N–H and O–H groups in total. The van der Waals surface area contributed by atoms with Gasteiger partial charge in [-0.3, -0.25) is 4.79 Å². The molecule has 0 fully saturated rings. The number of hydrogen-bond acceptors (Lipinski definition) is 3. The summed E-state index contributed by atoms with van der Waals surface area (Å²) >= 11 is 5.84. The zero-order chi connectivity index (χ0) is 17.1. The summed E-state index contributed by atoms with van der Waals surface area (Å²) < 4.78 is 0. The van der Waals surface area contributed by atoms with E-state index >= 15 is 0 Å². The van der Waals surface area contributed by atoms with Crippen LogP contribution in [0, 0.1) is 0 Å². The third-order valence-corrected chi connectivity index (χ3v) is 3.92. The number of aromatic amines is 2. The molecule has 0 spiro atoms. The van der Waals surface area contributed by atoms with Gasteiger partial charge in [-0.05, 0) is 42.8 Å². The lowest BCUT2D eigenvalue weighted by molar-refractivity contribution is -0.121. The summed E-state index contributed by atoms with van der Waals surface area (Å²) in [6.45, 7) is 2.22. The van der Waals surface area contributed by atoms with Crippen molar-refractivity contribution >= 4 is 34.2 Å². The number of imidazole rings is 1. The molecule has 0 radical (unpaired) electrons. The maximum Gasteiger partial charge on any atom is 0.323 e. The Morgan fingerprint density at radius 1 is 1.12 bits per heavy atom. The van der Waals surface area contributed by atoms with Crippen LogP contribution >= 0.6 is 11.6 Å². The second kappa shape index (κ2) is 6.80. The number of rotatable bonds is 5. The molecular weight excluding hydrogens is 328 g/mol. The van der Waals surface area contributed by atoms with Crippen molar-refractivity contribution < 1.29 is 4.79 Å². The van der Waals surface area contributed by atoms with Crippen molar-refractivity contribution in [3.05, 3.63) is 63.5 Å². The van der Waals surface area contributed by atoms with E-state index in [1.54, 1.807) is 31.2 Å². The molecule has 0 bridgehead atoms. The van der Waals surface area contributed by atoms with E-state index in [0.717, 1.165) is 16.8 Å². The highest BCUT2D eigenvalue weighted by molar-refractivity contribution is 6.30. The van der Waals surface area contributed by atoms with Gasteiger partial charge in [0, 0.05) is 17.3 Å². The fraction of sp³-hybridized carbons (Fsp3) is 0.176. The maximum absolute atomic E-state index is 12.2. The first-order valence-corrected chi connectivity index (χ1v) is 7.90. The smallest absolute Gasteiger partial charge is 0.323 e. The van der Waals surface area contributed by atoms with E-state index in [2.05, 4.69) is 20.6 Å². The highest BCUT2D eigenvalue weighted by Crippen LogP contribution is 2.15. The monoisotopic (exact) mass is 344 g/mol. The SMILES string of the molecule is C[C@@H](Nc1ccc2[nH]c(=O)[nH]c2c1)C(=O)NCc1ccc(Cl)cc1. The van der Waals surface area contributed by atoms with Crippen molar-refractivity contribution in [2.45, 2.75) is 19.5 Å². The third-order valence-electron chi connectivity index (χ3n) is 3.67. The quantitative estimate of drug-likeness (QED) is 0.573. The Kier molecular flexibility index (Phi) is 4.57. The predicted octanol–water partition coefficient (Wildman–Crippen LogP) is 2.63. The molecule has 1 atom stereocenters. The molecule has 1 heterocycles. The fourth-order valence-corrected chi connectivity index (χ4v) is 2.51. The van der Waals surface area contributed by atoms with E-state index in [9.17, 15) is 9.59 Å². The molecule has 124 valence electrons. The lowest BCUT2D eigenvalue weighted by atomic mass is 10.2. The number of H-pyrrole nitrogens is 2. The van der Waals surface area contributed by atoms with Crippen LogP contribution in [0.1, 0.15) is 12.5 Å². The van der Waals surface area contributed by atoms with Gasteiger partial charge in [0.25, 0.3) is 0 Å². The number of hydrogen-bond donors (Lipinski definition) is 4. The molecule has 24 heavy (non-hydrogen) atoms. The van der Waals surface area contributed by atoms with Crippen LogP contribution in [-0.4, -0.2) is 21.9 Å². The van der Waals surface area contributed by atoms with Gasteiger partial charge in [-0.15, -0.1) is 0 Å². The summed E-state index contributed by atoms with van der Waals surface area (Å²) in [7, 11) is 0. The van der Waals surface area contributed by atoms with Gasteiger partial charge in [0.2, 0.25) is 5.91 Å². The van der Waals surface area contributed by atoms with Crippen LogP contribution in [0.2, 0.25) is 5.02 Å². The first-order chi connectivity index (χ1) is 11.5. The largest absolute Gasteiger partial charge is 0.374 e. The standard InChI is InChI=1S/C17H17ClN4O2/c1-10(16(23)19-9-11-2-4-12(18)5-3-11)20-13-6-7-14-15(8-13)22-17(24)21-14/h2-8,10,20H,9H2,1H3,(H,19,23)(H2,21,22,24)/t10-/m1/s1. The summed E-state index contributed by atoms with van der Waals surface area (Å²) in [6.07, 6.45) is 0. The van der Waals surface area contributed by atoms with Gasteiger partial charge in [0.1, 0.15) is 6.04 Å². The molecule has 6 nitrogen and oxygen atoms in total. The van der Waals surface area contributed by atoms with Crippen LogP contribution in [0.25, 0.3) is 11.0 Å². The Labute approximate surface area is 143 Å². The first-order valence-electron chi connectivity index (χ1n) is 7.52. The van der Waals surface area contributed by atoms with E-state index in [1.165, 1.54) is 0 Å². The average Bonchev–Trinajstić information content (AvgIpc) is 2.93. The number of carbonyl (C=O) groups is 1. The maximum atomic E-state index is 12.2. The number of amides is 1. The molecule has 0 aliphatic heterocycles. The number of aromatic nitrogens is 2. The van der Waals surface area contributed by atoms with Gasteiger partial charge in [0.05, 0.1) is 11.0 Å². The van der Waals surface area contributed by atoms with Crippen molar-refractivity contribution in [2.75, 3.05) is 5.32 Å². The summed E-state index contributed by atoms with van der Waals surface area (Å²) in [4.78, 5) is 28.8.